The Labute approximate surface area is 113 Å². The number of hydrogen-bond donors (Lipinski definition) is 2. The van der Waals surface area contributed by atoms with Crippen LogP contribution in [0.15, 0.2) is 23.1 Å². The van der Waals surface area contributed by atoms with Crippen LogP contribution in [0.25, 0.3) is 0 Å². The van der Waals surface area contributed by atoms with Crippen LogP contribution in [0.1, 0.15) is 19.4 Å². The Morgan fingerprint density at radius 2 is 2.26 bits per heavy atom. The van der Waals surface area contributed by atoms with Gasteiger partial charge in [0.1, 0.15) is 4.90 Å². The van der Waals surface area contributed by atoms with E-state index in [1.807, 2.05) is 6.07 Å². The van der Waals surface area contributed by atoms with Crippen molar-refractivity contribution < 1.29 is 17.7 Å². The summed E-state index contributed by atoms with van der Waals surface area (Å²) >= 11 is 0. The Morgan fingerprint density at radius 1 is 1.53 bits per heavy atom. The van der Waals surface area contributed by atoms with E-state index in [-0.39, 0.29) is 11.5 Å². The summed E-state index contributed by atoms with van der Waals surface area (Å²) in [4.78, 5) is 0.151. The average Bonchev–Trinajstić information content (AvgIpc) is 2.35. The molecule has 2 rings (SSSR count). The lowest BCUT2D eigenvalue weighted by atomic mass is 9.96. The van der Waals surface area contributed by atoms with Crippen molar-refractivity contribution >= 4 is 15.8 Å². The fraction of sp³-hybridized carbons (Fsp3) is 0.538. The number of nitrogens with one attached hydrogen (secondary N) is 1. The molecule has 19 heavy (non-hydrogen) atoms. The van der Waals surface area contributed by atoms with E-state index in [0.717, 1.165) is 18.5 Å². The highest BCUT2D eigenvalue weighted by molar-refractivity contribution is 7.87. The molecule has 0 aromatic heterocycles. The van der Waals surface area contributed by atoms with Crippen molar-refractivity contribution in [3.8, 4) is 0 Å². The van der Waals surface area contributed by atoms with Gasteiger partial charge in [0.25, 0.3) is 10.1 Å². The van der Waals surface area contributed by atoms with Crippen LogP contribution in [0, 0.1) is 5.92 Å². The second kappa shape index (κ2) is 5.48. The SMILES string of the molecule is CC(O)COS(=O)(=O)c1cccc2c1NCC(C)C2. The molecule has 1 aliphatic heterocycles. The lowest BCUT2D eigenvalue weighted by Crippen LogP contribution is -2.23. The molecule has 0 saturated heterocycles. The van der Waals surface area contributed by atoms with Gasteiger partial charge in [-0.25, -0.2) is 0 Å². The molecule has 1 aromatic rings. The predicted octanol–water partition coefficient (Wildman–Crippen LogP) is 1.38. The Bertz CT molecular complexity index is 554. The summed E-state index contributed by atoms with van der Waals surface area (Å²) in [6, 6.07) is 5.17. The number of aliphatic hydroxyl groups is 1. The van der Waals surface area contributed by atoms with E-state index in [4.69, 9.17) is 9.29 Å². The third-order valence-electron chi connectivity index (χ3n) is 3.04. The lowest BCUT2D eigenvalue weighted by Gasteiger charge is -2.25. The monoisotopic (exact) mass is 285 g/mol. The molecule has 0 fully saturated rings. The number of anilines is 1. The Hall–Kier alpha value is -1.11. The van der Waals surface area contributed by atoms with Crippen molar-refractivity contribution in [1.29, 1.82) is 0 Å². The fourth-order valence-electron chi connectivity index (χ4n) is 2.13. The first-order chi connectivity index (χ1) is 8.90. The van der Waals surface area contributed by atoms with Crippen molar-refractivity contribution in [3.05, 3.63) is 23.8 Å². The van der Waals surface area contributed by atoms with Gasteiger partial charge in [-0.05, 0) is 30.9 Å². The van der Waals surface area contributed by atoms with E-state index in [1.165, 1.54) is 13.0 Å². The van der Waals surface area contributed by atoms with Crippen LogP contribution >= 0.6 is 0 Å². The normalized spacial score (nSPS) is 20.5. The number of para-hydroxylation sites is 1. The zero-order chi connectivity index (χ0) is 14.0. The molecule has 6 heteroatoms. The summed E-state index contributed by atoms with van der Waals surface area (Å²) in [6.45, 7) is 4.11. The summed E-state index contributed by atoms with van der Waals surface area (Å²) < 4.78 is 29.1. The van der Waals surface area contributed by atoms with Crippen molar-refractivity contribution in [2.45, 2.75) is 31.3 Å². The zero-order valence-electron chi connectivity index (χ0n) is 11.1. The quantitative estimate of drug-likeness (QED) is 0.817. The van der Waals surface area contributed by atoms with Gasteiger partial charge in [-0.15, -0.1) is 0 Å². The van der Waals surface area contributed by atoms with Gasteiger partial charge in [-0.1, -0.05) is 19.1 Å². The molecule has 5 nitrogen and oxygen atoms in total. The van der Waals surface area contributed by atoms with Crippen molar-refractivity contribution in [3.63, 3.8) is 0 Å². The highest BCUT2D eigenvalue weighted by Crippen LogP contribution is 2.32. The minimum absolute atomic E-state index is 0.151. The minimum atomic E-state index is -3.84. The lowest BCUT2D eigenvalue weighted by molar-refractivity contribution is 0.126. The smallest absolute Gasteiger partial charge is 0.299 e. The maximum Gasteiger partial charge on any atom is 0.299 e. The first kappa shape index (κ1) is 14.3. The molecule has 2 atom stereocenters. The number of fused-ring (bicyclic) bond motifs is 1. The van der Waals surface area contributed by atoms with Crippen LogP contribution in [0.5, 0.6) is 0 Å². The Kier molecular flexibility index (Phi) is 4.13. The number of hydrogen-bond acceptors (Lipinski definition) is 5. The first-order valence-electron chi connectivity index (χ1n) is 6.33. The van der Waals surface area contributed by atoms with Crippen LogP contribution in [0.2, 0.25) is 0 Å². The number of aliphatic hydroxyl groups excluding tert-OH is 1. The molecule has 0 amide bonds. The van der Waals surface area contributed by atoms with E-state index in [2.05, 4.69) is 12.2 Å². The van der Waals surface area contributed by atoms with Gasteiger partial charge in [-0.2, -0.15) is 8.42 Å². The molecule has 0 saturated carbocycles. The average molecular weight is 285 g/mol. The van der Waals surface area contributed by atoms with Gasteiger partial charge in [0, 0.05) is 6.54 Å². The second-order valence-corrected chi connectivity index (χ2v) is 6.65. The van der Waals surface area contributed by atoms with Crippen LogP contribution in [0.3, 0.4) is 0 Å². The van der Waals surface area contributed by atoms with Crippen LogP contribution < -0.4 is 5.32 Å². The van der Waals surface area contributed by atoms with Crippen molar-refractivity contribution in [1.82, 2.24) is 0 Å². The third kappa shape index (κ3) is 3.26. The van der Waals surface area contributed by atoms with E-state index in [0.29, 0.717) is 11.6 Å². The molecule has 106 valence electrons. The van der Waals surface area contributed by atoms with Gasteiger partial charge < -0.3 is 10.4 Å². The molecular weight excluding hydrogens is 266 g/mol. The fourth-order valence-corrected chi connectivity index (χ4v) is 3.33. The van der Waals surface area contributed by atoms with Gasteiger partial charge >= 0.3 is 0 Å². The maximum atomic E-state index is 12.1. The molecule has 1 aliphatic rings. The molecule has 0 spiro atoms. The molecule has 1 aromatic carbocycles. The number of rotatable bonds is 4. The highest BCUT2D eigenvalue weighted by atomic mass is 32.2. The molecule has 2 N–H and O–H groups in total. The summed E-state index contributed by atoms with van der Waals surface area (Å²) in [5.41, 5.74) is 1.62. The van der Waals surface area contributed by atoms with Gasteiger partial charge in [0.2, 0.25) is 0 Å². The molecule has 1 heterocycles. The molecular formula is C13H19NO4S. The van der Waals surface area contributed by atoms with Crippen LogP contribution in [-0.2, 0) is 20.7 Å². The van der Waals surface area contributed by atoms with Gasteiger partial charge in [0.15, 0.2) is 0 Å². The zero-order valence-corrected chi connectivity index (χ0v) is 11.9. The van der Waals surface area contributed by atoms with Crippen LogP contribution in [0.4, 0.5) is 5.69 Å². The summed E-state index contributed by atoms with van der Waals surface area (Å²) in [5, 5.41) is 12.3. The molecule has 2 unspecified atom stereocenters. The predicted molar refractivity (Wildman–Crippen MR) is 72.6 cm³/mol. The van der Waals surface area contributed by atoms with Crippen LogP contribution in [-0.4, -0.2) is 32.8 Å². The Morgan fingerprint density at radius 3 is 2.95 bits per heavy atom. The van der Waals surface area contributed by atoms with Gasteiger partial charge in [-0.3, -0.25) is 4.18 Å². The standard InChI is InChI=1S/C13H19NO4S/c1-9-6-11-4-3-5-12(13(11)14-7-9)19(16,17)18-8-10(2)15/h3-5,9-10,14-15H,6-8H2,1-2H3. The molecule has 0 aliphatic carbocycles. The Balaban J connectivity index is 2.33. The van der Waals surface area contributed by atoms with E-state index in [1.54, 1.807) is 6.07 Å². The van der Waals surface area contributed by atoms with E-state index in [9.17, 15) is 8.42 Å². The second-order valence-electron chi connectivity index (χ2n) is 5.07. The van der Waals surface area contributed by atoms with Crippen molar-refractivity contribution in [2.24, 2.45) is 5.92 Å². The summed E-state index contributed by atoms with van der Waals surface area (Å²) in [7, 11) is -3.84. The van der Waals surface area contributed by atoms with E-state index >= 15 is 0 Å². The largest absolute Gasteiger partial charge is 0.391 e. The topological polar surface area (TPSA) is 75.6 Å². The highest BCUT2D eigenvalue weighted by Gasteiger charge is 2.25. The molecule has 0 bridgehead atoms. The maximum absolute atomic E-state index is 12.1. The van der Waals surface area contributed by atoms with E-state index < -0.39 is 16.2 Å². The van der Waals surface area contributed by atoms with Gasteiger partial charge in [0.05, 0.1) is 18.4 Å². The molecule has 0 radical (unpaired) electrons. The summed E-state index contributed by atoms with van der Waals surface area (Å²) in [5.74, 6) is 0.476. The third-order valence-corrected chi connectivity index (χ3v) is 4.37. The summed E-state index contributed by atoms with van der Waals surface area (Å²) in [6.07, 6.45) is 0.0320. The minimum Gasteiger partial charge on any atom is -0.391 e. The van der Waals surface area contributed by atoms with Crippen molar-refractivity contribution in [2.75, 3.05) is 18.5 Å². The first-order valence-corrected chi connectivity index (χ1v) is 7.74. The number of benzene rings is 1.